The summed E-state index contributed by atoms with van der Waals surface area (Å²) in [5.74, 6) is 4.25. The third-order valence-electron chi connectivity index (χ3n) is 4.45. The Kier molecular flexibility index (Phi) is 3.52. The van der Waals surface area contributed by atoms with Crippen LogP contribution in [0.2, 0.25) is 0 Å². The summed E-state index contributed by atoms with van der Waals surface area (Å²) in [6.45, 7) is 4.76. The average molecular weight is 194 g/mol. The van der Waals surface area contributed by atoms with Gasteiger partial charge >= 0.3 is 0 Å². The van der Waals surface area contributed by atoms with Crippen LogP contribution < -0.4 is 0 Å². The van der Waals surface area contributed by atoms with E-state index in [0.29, 0.717) is 0 Å². The highest BCUT2D eigenvalue weighted by Gasteiger charge is 2.31. The van der Waals surface area contributed by atoms with E-state index in [-0.39, 0.29) is 0 Å². The van der Waals surface area contributed by atoms with Crippen LogP contribution in [0.3, 0.4) is 0 Å². The van der Waals surface area contributed by atoms with Crippen molar-refractivity contribution in [3.05, 3.63) is 0 Å². The Morgan fingerprint density at radius 2 is 1.64 bits per heavy atom. The number of rotatable bonds is 2. The Labute approximate surface area is 89.5 Å². The maximum absolute atomic E-state index is 2.38. The lowest BCUT2D eigenvalue weighted by Gasteiger charge is -2.39. The molecular weight excluding hydrogens is 168 g/mol. The molecule has 0 aromatic heterocycles. The highest BCUT2D eigenvalue weighted by molar-refractivity contribution is 4.83. The summed E-state index contributed by atoms with van der Waals surface area (Å²) >= 11 is 0. The maximum atomic E-state index is 2.38. The lowest BCUT2D eigenvalue weighted by atomic mass is 9.66. The van der Waals surface area contributed by atoms with Gasteiger partial charge < -0.3 is 0 Å². The third-order valence-corrected chi connectivity index (χ3v) is 4.45. The van der Waals surface area contributed by atoms with E-state index in [4.69, 9.17) is 0 Å². The van der Waals surface area contributed by atoms with E-state index in [1.54, 1.807) is 32.1 Å². The van der Waals surface area contributed by atoms with Crippen LogP contribution in [0.25, 0.3) is 0 Å². The van der Waals surface area contributed by atoms with Crippen molar-refractivity contribution in [1.82, 2.24) is 0 Å². The van der Waals surface area contributed by atoms with Gasteiger partial charge in [-0.25, -0.2) is 0 Å². The summed E-state index contributed by atoms with van der Waals surface area (Å²) in [5, 5.41) is 0. The molecule has 2 saturated carbocycles. The molecule has 0 heteroatoms. The molecular formula is C14H26. The molecule has 0 nitrogen and oxygen atoms in total. The van der Waals surface area contributed by atoms with Crippen LogP contribution in [0.1, 0.15) is 65.2 Å². The molecule has 0 amide bonds. The lowest BCUT2D eigenvalue weighted by molar-refractivity contribution is 0.119. The van der Waals surface area contributed by atoms with Crippen LogP contribution in [0.15, 0.2) is 0 Å². The second kappa shape index (κ2) is 4.68. The predicted octanol–water partition coefficient (Wildman–Crippen LogP) is 4.64. The van der Waals surface area contributed by atoms with E-state index >= 15 is 0 Å². The summed E-state index contributed by atoms with van der Waals surface area (Å²) in [5.41, 5.74) is 0. The highest BCUT2D eigenvalue weighted by Crippen LogP contribution is 2.44. The molecule has 2 rings (SSSR count). The molecule has 3 unspecified atom stereocenters. The molecule has 3 atom stereocenters. The smallest absolute Gasteiger partial charge is 0.0383 e. The molecule has 0 aliphatic heterocycles. The van der Waals surface area contributed by atoms with Gasteiger partial charge in [-0.15, -0.1) is 0 Å². The molecule has 0 N–H and O–H groups in total. The highest BCUT2D eigenvalue weighted by atomic mass is 14.4. The van der Waals surface area contributed by atoms with Crippen molar-refractivity contribution in [2.45, 2.75) is 65.2 Å². The fourth-order valence-electron chi connectivity index (χ4n) is 3.85. The van der Waals surface area contributed by atoms with Gasteiger partial charge in [-0.05, 0) is 42.9 Å². The number of hydrogen-bond acceptors (Lipinski definition) is 0. The molecule has 0 aromatic carbocycles. The van der Waals surface area contributed by atoms with E-state index in [1.165, 1.54) is 19.3 Å². The summed E-state index contributed by atoms with van der Waals surface area (Å²) in [4.78, 5) is 0. The van der Waals surface area contributed by atoms with E-state index in [2.05, 4.69) is 13.8 Å². The van der Waals surface area contributed by atoms with Crippen molar-refractivity contribution < 1.29 is 0 Å². The van der Waals surface area contributed by atoms with Crippen LogP contribution >= 0.6 is 0 Å². The van der Waals surface area contributed by atoms with Gasteiger partial charge in [-0.2, -0.15) is 0 Å². The van der Waals surface area contributed by atoms with Crippen molar-refractivity contribution >= 4 is 0 Å². The molecule has 0 saturated heterocycles. The van der Waals surface area contributed by atoms with Gasteiger partial charge in [0.2, 0.25) is 0 Å². The van der Waals surface area contributed by atoms with E-state index in [0.717, 1.165) is 23.7 Å². The lowest BCUT2D eigenvalue weighted by Crippen LogP contribution is -2.28. The zero-order valence-corrected chi connectivity index (χ0v) is 9.97. The number of fused-ring (bicyclic) bond motifs is 1. The van der Waals surface area contributed by atoms with Gasteiger partial charge in [0, 0.05) is 0 Å². The Morgan fingerprint density at radius 3 is 2.36 bits per heavy atom. The van der Waals surface area contributed by atoms with Gasteiger partial charge in [0.1, 0.15) is 0 Å². The van der Waals surface area contributed by atoms with E-state index < -0.39 is 0 Å². The fraction of sp³-hybridized carbons (Fsp3) is 1.00. The molecule has 0 heterocycles. The zero-order chi connectivity index (χ0) is 9.97. The van der Waals surface area contributed by atoms with E-state index in [9.17, 15) is 0 Å². The normalized spacial score (nSPS) is 38.4. The summed E-state index contributed by atoms with van der Waals surface area (Å²) in [6, 6.07) is 0. The topological polar surface area (TPSA) is 0 Å². The van der Waals surface area contributed by atoms with Gasteiger partial charge in [-0.1, -0.05) is 46.0 Å². The molecule has 2 aliphatic carbocycles. The van der Waals surface area contributed by atoms with Gasteiger partial charge in [0.25, 0.3) is 0 Å². The van der Waals surface area contributed by atoms with Crippen molar-refractivity contribution in [3.8, 4) is 0 Å². The first-order valence-electron chi connectivity index (χ1n) is 6.75. The minimum atomic E-state index is 0.917. The largest absolute Gasteiger partial charge is 0.0628 e. The SMILES string of the molecule is CC(C)CC1CCC2CCCCC2C1. The average Bonchev–Trinajstić information content (AvgIpc) is 2.17. The summed E-state index contributed by atoms with van der Waals surface area (Å²) in [7, 11) is 0. The second-order valence-corrected chi connectivity index (χ2v) is 6.11. The Hall–Kier alpha value is 0. The minimum absolute atomic E-state index is 0.917. The van der Waals surface area contributed by atoms with Gasteiger partial charge in [0.15, 0.2) is 0 Å². The van der Waals surface area contributed by atoms with Crippen LogP contribution in [-0.2, 0) is 0 Å². The van der Waals surface area contributed by atoms with Crippen molar-refractivity contribution in [2.24, 2.45) is 23.7 Å². The first-order chi connectivity index (χ1) is 6.75. The van der Waals surface area contributed by atoms with Crippen LogP contribution in [0.4, 0.5) is 0 Å². The maximum Gasteiger partial charge on any atom is -0.0383 e. The standard InChI is InChI=1S/C14H26/c1-11(2)9-12-7-8-13-5-3-4-6-14(13)10-12/h11-14H,3-10H2,1-2H3. The quantitative estimate of drug-likeness (QED) is 0.601. The molecule has 0 aromatic rings. The molecule has 0 radical (unpaired) electrons. The Bertz CT molecular complexity index is 171. The molecule has 82 valence electrons. The first kappa shape index (κ1) is 10.5. The molecule has 2 fully saturated rings. The van der Waals surface area contributed by atoms with Crippen LogP contribution in [0.5, 0.6) is 0 Å². The summed E-state index contributed by atoms with van der Waals surface area (Å²) < 4.78 is 0. The van der Waals surface area contributed by atoms with Crippen LogP contribution in [-0.4, -0.2) is 0 Å². The van der Waals surface area contributed by atoms with Crippen LogP contribution in [0, 0.1) is 23.7 Å². The molecule has 14 heavy (non-hydrogen) atoms. The predicted molar refractivity (Wildman–Crippen MR) is 62.2 cm³/mol. The molecule has 0 bridgehead atoms. The van der Waals surface area contributed by atoms with Crippen molar-refractivity contribution in [3.63, 3.8) is 0 Å². The zero-order valence-electron chi connectivity index (χ0n) is 9.97. The van der Waals surface area contributed by atoms with Gasteiger partial charge in [-0.3, -0.25) is 0 Å². The molecule has 0 spiro atoms. The first-order valence-corrected chi connectivity index (χ1v) is 6.75. The summed E-state index contributed by atoms with van der Waals surface area (Å²) in [6.07, 6.45) is 12.3. The van der Waals surface area contributed by atoms with E-state index in [1.807, 2.05) is 0 Å². The minimum Gasteiger partial charge on any atom is -0.0628 e. The fourth-order valence-corrected chi connectivity index (χ4v) is 3.85. The van der Waals surface area contributed by atoms with Crippen molar-refractivity contribution in [2.75, 3.05) is 0 Å². The third kappa shape index (κ3) is 2.52. The molecule has 2 aliphatic rings. The Balaban J connectivity index is 1.83. The Morgan fingerprint density at radius 1 is 0.929 bits per heavy atom. The number of hydrogen-bond donors (Lipinski definition) is 0. The van der Waals surface area contributed by atoms with Crippen molar-refractivity contribution in [1.29, 1.82) is 0 Å². The van der Waals surface area contributed by atoms with Gasteiger partial charge in [0.05, 0.1) is 0 Å². The monoisotopic (exact) mass is 194 g/mol. The second-order valence-electron chi connectivity index (χ2n) is 6.11.